The molecule has 17 nitrogen and oxygen atoms in total. The lowest BCUT2D eigenvalue weighted by atomic mass is 10.0. The molecule has 0 aliphatic carbocycles. The first-order chi connectivity index (χ1) is 19.8. The summed E-state index contributed by atoms with van der Waals surface area (Å²) in [7, 11) is 0. The molecule has 238 valence electrons. The maximum Gasteiger partial charge on any atom is 0.326 e. The molecule has 0 aromatic heterocycles. The summed E-state index contributed by atoms with van der Waals surface area (Å²) in [5.74, 6) is -4.48. The van der Waals surface area contributed by atoms with Gasteiger partial charge in [-0.05, 0) is 64.8 Å². The third kappa shape index (κ3) is 12.7. The second-order valence-electron chi connectivity index (χ2n) is 10.2. The minimum atomic E-state index is -1.13. The number of aliphatic imine (C=N–C) groups is 1. The van der Waals surface area contributed by atoms with Gasteiger partial charge in [-0.15, -0.1) is 0 Å². The number of carboxylic acid groups (broad SMARTS) is 1. The van der Waals surface area contributed by atoms with Crippen molar-refractivity contribution in [1.82, 2.24) is 20.9 Å². The molecule has 1 fully saturated rings. The zero-order valence-electron chi connectivity index (χ0n) is 24.0. The van der Waals surface area contributed by atoms with E-state index >= 15 is 0 Å². The van der Waals surface area contributed by atoms with E-state index in [-0.39, 0.29) is 44.7 Å². The van der Waals surface area contributed by atoms with E-state index < -0.39 is 65.7 Å². The molecule has 42 heavy (non-hydrogen) atoms. The Kier molecular flexibility index (Phi) is 15.8. The van der Waals surface area contributed by atoms with Crippen molar-refractivity contribution >= 4 is 41.5 Å². The SMILES string of the molecule is C[C@H](NC(=O)[C@H](CCCCN)NC(=O)[C@H](CCCN=C(N)N)NC(=O)[C@@H](N)CCC(N)=O)C(=O)N1CCC[C@H]1C(=O)O. The first-order valence-corrected chi connectivity index (χ1v) is 14.0. The van der Waals surface area contributed by atoms with E-state index in [0.29, 0.717) is 38.6 Å². The lowest BCUT2D eigenvalue weighted by molar-refractivity contribution is -0.149. The van der Waals surface area contributed by atoms with E-state index in [2.05, 4.69) is 20.9 Å². The second-order valence-corrected chi connectivity index (χ2v) is 10.2. The molecule has 5 atom stereocenters. The van der Waals surface area contributed by atoms with Crippen LogP contribution in [0.4, 0.5) is 0 Å². The highest BCUT2D eigenvalue weighted by atomic mass is 16.4. The molecular weight excluding hydrogens is 552 g/mol. The van der Waals surface area contributed by atoms with E-state index in [1.54, 1.807) is 0 Å². The van der Waals surface area contributed by atoms with E-state index in [0.717, 1.165) is 0 Å². The summed E-state index contributed by atoms with van der Waals surface area (Å²) < 4.78 is 0. The van der Waals surface area contributed by atoms with Crippen molar-refractivity contribution in [2.75, 3.05) is 19.6 Å². The molecule has 0 unspecified atom stereocenters. The van der Waals surface area contributed by atoms with Crippen LogP contribution >= 0.6 is 0 Å². The summed E-state index contributed by atoms with van der Waals surface area (Å²) in [6, 6.07) is -5.34. The zero-order chi connectivity index (χ0) is 31.8. The van der Waals surface area contributed by atoms with Crippen LogP contribution < -0.4 is 44.6 Å². The van der Waals surface area contributed by atoms with Gasteiger partial charge in [-0.2, -0.15) is 0 Å². The van der Waals surface area contributed by atoms with Crippen LogP contribution in [0, 0.1) is 0 Å². The Balaban J connectivity index is 3.01. The highest BCUT2D eigenvalue weighted by Crippen LogP contribution is 2.18. The van der Waals surface area contributed by atoms with E-state index in [1.807, 2.05) is 0 Å². The number of guanidine groups is 1. The molecule has 0 aromatic rings. The lowest BCUT2D eigenvalue weighted by Gasteiger charge is -2.27. The average molecular weight is 599 g/mol. The Hall–Kier alpha value is -3.99. The molecule has 14 N–H and O–H groups in total. The number of likely N-dealkylation sites (tertiary alicyclic amines) is 1. The van der Waals surface area contributed by atoms with Crippen molar-refractivity contribution < 1.29 is 33.9 Å². The van der Waals surface area contributed by atoms with Gasteiger partial charge in [0.1, 0.15) is 24.2 Å². The van der Waals surface area contributed by atoms with Crippen LogP contribution in [0.5, 0.6) is 0 Å². The molecule has 1 saturated heterocycles. The maximum atomic E-state index is 13.3. The number of nitrogens with zero attached hydrogens (tertiary/aromatic N) is 2. The van der Waals surface area contributed by atoms with Gasteiger partial charge in [0.15, 0.2) is 5.96 Å². The van der Waals surface area contributed by atoms with Crippen molar-refractivity contribution in [3.63, 3.8) is 0 Å². The highest BCUT2D eigenvalue weighted by molar-refractivity contribution is 5.95. The smallest absolute Gasteiger partial charge is 0.326 e. The first kappa shape index (κ1) is 36.0. The second kappa shape index (κ2) is 18.4. The van der Waals surface area contributed by atoms with Gasteiger partial charge in [0.05, 0.1) is 6.04 Å². The van der Waals surface area contributed by atoms with Gasteiger partial charge in [-0.3, -0.25) is 29.0 Å². The Morgan fingerprint density at radius 3 is 2.07 bits per heavy atom. The van der Waals surface area contributed by atoms with Gasteiger partial charge >= 0.3 is 5.97 Å². The van der Waals surface area contributed by atoms with Gasteiger partial charge < -0.3 is 54.6 Å². The van der Waals surface area contributed by atoms with E-state index in [9.17, 15) is 33.9 Å². The first-order valence-electron chi connectivity index (χ1n) is 14.0. The van der Waals surface area contributed by atoms with Crippen LogP contribution in [-0.4, -0.2) is 101 Å². The summed E-state index contributed by atoms with van der Waals surface area (Å²) in [4.78, 5) is 79.7. The number of unbranched alkanes of at least 4 members (excludes halogenated alkanes) is 1. The number of nitrogens with one attached hydrogen (secondary N) is 3. The van der Waals surface area contributed by atoms with Crippen LogP contribution in [0.15, 0.2) is 4.99 Å². The Bertz CT molecular complexity index is 989. The van der Waals surface area contributed by atoms with Crippen molar-refractivity contribution in [2.45, 2.75) is 94.9 Å². The minimum absolute atomic E-state index is 0.0285. The van der Waals surface area contributed by atoms with Gasteiger partial charge in [-0.1, -0.05) is 0 Å². The van der Waals surface area contributed by atoms with Gasteiger partial charge in [0, 0.05) is 19.5 Å². The number of aliphatic carboxylic acids is 1. The molecule has 1 aliphatic rings. The fraction of sp³-hybridized carbons (Fsp3) is 0.720. The number of carbonyl (C=O) groups is 6. The van der Waals surface area contributed by atoms with Crippen LogP contribution in [0.3, 0.4) is 0 Å². The molecule has 1 aliphatic heterocycles. The van der Waals surface area contributed by atoms with Crippen LogP contribution in [0.1, 0.15) is 64.7 Å². The van der Waals surface area contributed by atoms with Crippen LogP contribution in [0.25, 0.3) is 0 Å². The number of amides is 5. The number of hydrogen-bond donors (Lipinski definition) is 9. The molecule has 1 heterocycles. The fourth-order valence-corrected chi connectivity index (χ4v) is 4.43. The Morgan fingerprint density at radius 1 is 0.905 bits per heavy atom. The summed E-state index contributed by atoms with van der Waals surface area (Å²) in [5.41, 5.74) is 27.2. The van der Waals surface area contributed by atoms with Crippen LogP contribution in [0.2, 0.25) is 0 Å². The number of hydrogen-bond acceptors (Lipinski definition) is 9. The standard InChI is InChI=1S/C25H46N10O7/c1-14(23(40)35-13-5-8-18(35)24(41)42)32-21(38)16(6-2-3-11-26)34-22(39)17(7-4-12-31-25(29)30)33-20(37)15(27)9-10-19(28)36/h14-18H,2-13,26-27H2,1H3,(H2,28,36)(H,32,38)(H,33,37)(H,34,39)(H,41,42)(H4,29,30,31)/t14-,15-,16-,17-,18-/m0/s1. The van der Waals surface area contributed by atoms with Gasteiger partial charge in [0.2, 0.25) is 29.5 Å². The molecule has 1 rings (SSSR count). The average Bonchev–Trinajstić information content (AvgIpc) is 3.42. The van der Waals surface area contributed by atoms with E-state index in [1.165, 1.54) is 11.8 Å². The van der Waals surface area contributed by atoms with Gasteiger partial charge in [0.25, 0.3) is 0 Å². The minimum Gasteiger partial charge on any atom is -0.480 e. The third-order valence-electron chi connectivity index (χ3n) is 6.75. The highest BCUT2D eigenvalue weighted by Gasteiger charge is 2.37. The maximum absolute atomic E-state index is 13.3. The molecule has 0 saturated carbocycles. The number of primary amides is 1. The van der Waals surface area contributed by atoms with Crippen molar-refractivity contribution in [3.8, 4) is 0 Å². The zero-order valence-corrected chi connectivity index (χ0v) is 24.0. The van der Waals surface area contributed by atoms with Gasteiger partial charge in [-0.25, -0.2) is 4.79 Å². The Morgan fingerprint density at radius 2 is 1.50 bits per heavy atom. The Labute approximate surface area is 244 Å². The summed E-state index contributed by atoms with van der Waals surface area (Å²) in [6.07, 6.45) is 2.31. The third-order valence-corrected chi connectivity index (χ3v) is 6.75. The van der Waals surface area contributed by atoms with Crippen LogP contribution in [-0.2, 0) is 28.8 Å². The molecule has 0 radical (unpaired) electrons. The number of nitrogens with two attached hydrogens (primary N) is 5. The summed E-state index contributed by atoms with van der Waals surface area (Å²) in [5, 5.41) is 17.1. The number of carbonyl (C=O) groups excluding carboxylic acids is 5. The largest absolute Gasteiger partial charge is 0.480 e. The molecule has 0 bridgehead atoms. The van der Waals surface area contributed by atoms with Crippen molar-refractivity contribution in [1.29, 1.82) is 0 Å². The quantitative estimate of drug-likeness (QED) is 0.0396. The number of rotatable bonds is 19. The molecular formula is C25H46N10O7. The lowest BCUT2D eigenvalue weighted by Crippen LogP contribution is -2.58. The monoisotopic (exact) mass is 598 g/mol. The van der Waals surface area contributed by atoms with E-state index in [4.69, 9.17) is 28.7 Å². The topological polar surface area (TPSA) is 304 Å². The predicted octanol–water partition coefficient (Wildman–Crippen LogP) is -3.69. The summed E-state index contributed by atoms with van der Waals surface area (Å²) in [6.45, 7) is 2.23. The molecule has 0 spiro atoms. The predicted molar refractivity (Wildman–Crippen MR) is 153 cm³/mol. The summed E-state index contributed by atoms with van der Waals surface area (Å²) >= 11 is 0. The van der Waals surface area contributed by atoms with Crippen molar-refractivity contribution in [3.05, 3.63) is 0 Å². The molecule has 17 heteroatoms. The normalized spacial score (nSPS) is 17.3. The fourth-order valence-electron chi connectivity index (χ4n) is 4.43. The number of carboxylic acids is 1. The molecule has 5 amide bonds. The molecule has 0 aromatic carbocycles. The van der Waals surface area contributed by atoms with Crippen molar-refractivity contribution in [2.24, 2.45) is 33.7 Å².